The minimum atomic E-state index is 0.225. The van der Waals surface area contributed by atoms with Crippen molar-refractivity contribution in [1.82, 2.24) is 9.88 Å². The number of pyridine rings is 1. The maximum absolute atomic E-state index is 5.94. The first kappa shape index (κ1) is 13.7. The van der Waals surface area contributed by atoms with Crippen LogP contribution in [0.15, 0.2) is 48.7 Å². The van der Waals surface area contributed by atoms with Gasteiger partial charge in [-0.15, -0.1) is 0 Å². The number of likely N-dealkylation sites (N-methyl/N-ethyl adjacent to an activating group) is 1. The van der Waals surface area contributed by atoms with Gasteiger partial charge < -0.3 is 5.73 Å². The molecule has 2 rings (SSSR count). The van der Waals surface area contributed by atoms with Gasteiger partial charge in [-0.25, -0.2) is 0 Å². The molecule has 2 N–H and O–H groups in total. The number of rotatable bonds is 5. The Hall–Kier alpha value is -1.71. The first-order valence-electron chi connectivity index (χ1n) is 6.57. The zero-order chi connectivity index (χ0) is 13.7. The molecule has 0 fully saturated rings. The van der Waals surface area contributed by atoms with Gasteiger partial charge in [0.25, 0.3) is 0 Å². The van der Waals surface area contributed by atoms with Gasteiger partial charge in [0, 0.05) is 25.3 Å². The topological polar surface area (TPSA) is 42.1 Å². The Morgan fingerprint density at radius 3 is 2.47 bits per heavy atom. The molecule has 3 heteroatoms. The molecule has 0 saturated carbocycles. The van der Waals surface area contributed by atoms with Crippen LogP contribution in [0.4, 0.5) is 0 Å². The van der Waals surface area contributed by atoms with Gasteiger partial charge in [-0.05, 0) is 31.7 Å². The van der Waals surface area contributed by atoms with Crippen LogP contribution >= 0.6 is 0 Å². The highest BCUT2D eigenvalue weighted by Gasteiger charge is 2.15. The highest BCUT2D eigenvalue weighted by Crippen LogP contribution is 2.20. The number of nitrogens with zero attached hydrogens (tertiary/aromatic N) is 2. The summed E-state index contributed by atoms with van der Waals surface area (Å²) in [5, 5.41) is 0. The lowest BCUT2D eigenvalue weighted by Crippen LogP contribution is -2.30. The van der Waals surface area contributed by atoms with Crippen molar-refractivity contribution >= 4 is 0 Å². The average molecular weight is 255 g/mol. The summed E-state index contributed by atoms with van der Waals surface area (Å²) in [5.41, 5.74) is 9.53. The summed E-state index contributed by atoms with van der Waals surface area (Å²) in [6.07, 6.45) is 1.83. The molecule has 0 amide bonds. The molecule has 19 heavy (non-hydrogen) atoms. The Morgan fingerprint density at radius 2 is 1.89 bits per heavy atom. The summed E-state index contributed by atoms with van der Waals surface area (Å²) >= 11 is 0. The SMILES string of the molecule is Cc1ccc(C(CN)N(C)Cc2ccccn2)cc1. The van der Waals surface area contributed by atoms with E-state index in [-0.39, 0.29) is 6.04 Å². The van der Waals surface area contributed by atoms with Gasteiger partial charge in [0.2, 0.25) is 0 Å². The van der Waals surface area contributed by atoms with Gasteiger partial charge in [-0.1, -0.05) is 35.9 Å². The second-order valence-electron chi connectivity index (χ2n) is 4.90. The molecular weight excluding hydrogens is 234 g/mol. The van der Waals surface area contributed by atoms with Gasteiger partial charge in [0.1, 0.15) is 0 Å². The second kappa shape index (κ2) is 6.45. The molecule has 0 aliphatic carbocycles. The summed E-state index contributed by atoms with van der Waals surface area (Å²) in [5.74, 6) is 0. The van der Waals surface area contributed by atoms with Gasteiger partial charge in [0.15, 0.2) is 0 Å². The zero-order valence-electron chi connectivity index (χ0n) is 11.6. The predicted octanol–water partition coefficient (Wildman–Crippen LogP) is 2.52. The van der Waals surface area contributed by atoms with Gasteiger partial charge in [0.05, 0.1) is 5.69 Å². The lowest BCUT2D eigenvalue weighted by Gasteiger charge is -2.27. The van der Waals surface area contributed by atoms with Crippen molar-refractivity contribution in [2.45, 2.75) is 19.5 Å². The van der Waals surface area contributed by atoms with Crippen LogP contribution in [0, 0.1) is 6.92 Å². The lowest BCUT2D eigenvalue weighted by molar-refractivity contribution is 0.239. The van der Waals surface area contributed by atoms with E-state index in [4.69, 9.17) is 5.73 Å². The zero-order valence-corrected chi connectivity index (χ0v) is 11.6. The van der Waals surface area contributed by atoms with E-state index in [1.807, 2.05) is 24.4 Å². The van der Waals surface area contributed by atoms with Crippen molar-refractivity contribution in [2.75, 3.05) is 13.6 Å². The quantitative estimate of drug-likeness (QED) is 0.892. The number of hydrogen-bond donors (Lipinski definition) is 1. The van der Waals surface area contributed by atoms with E-state index in [0.29, 0.717) is 6.54 Å². The first-order chi connectivity index (χ1) is 9.20. The molecule has 0 saturated heterocycles. The molecule has 1 heterocycles. The standard InChI is InChI=1S/C16H21N3/c1-13-6-8-14(9-7-13)16(11-17)19(2)12-15-5-3-4-10-18-15/h3-10,16H,11-12,17H2,1-2H3. The van der Waals surface area contributed by atoms with Crippen LogP contribution in [0.2, 0.25) is 0 Å². The van der Waals surface area contributed by atoms with Gasteiger partial charge in [-0.2, -0.15) is 0 Å². The Morgan fingerprint density at radius 1 is 1.16 bits per heavy atom. The van der Waals surface area contributed by atoms with Crippen LogP contribution in [0.5, 0.6) is 0 Å². The van der Waals surface area contributed by atoms with Gasteiger partial charge >= 0.3 is 0 Å². The van der Waals surface area contributed by atoms with Crippen LogP contribution in [0.25, 0.3) is 0 Å². The number of aromatic nitrogens is 1. The number of nitrogens with two attached hydrogens (primary N) is 1. The van der Waals surface area contributed by atoms with Crippen molar-refractivity contribution in [1.29, 1.82) is 0 Å². The third-order valence-corrected chi connectivity index (χ3v) is 3.35. The summed E-state index contributed by atoms with van der Waals surface area (Å²) in [7, 11) is 2.09. The lowest BCUT2D eigenvalue weighted by atomic mass is 10.0. The minimum absolute atomic E-state index is 0.225. The van der Waals surface area contributed by atoms with Crippen LogP contribution in [0.3, 0.4) is 0 Å². The van der Waals surface area contributed by atoms with Crippen LogP contribution in [0.1, 0.15) is 22.9 Å². The normalized spacial score (nSPS) is 12.6. The molecule has 0 aliphatic heterocycles. The maximum atomic E-state index is 5.94. The summed E-state index contributed by atoms with van der Waals surface area (Å²) < 4.78 is 0. The van der Waals surface area contributed by atoms with Crippen LogP contribution in [-0.4, -0.2) is 23.5 Å². The maximum Gasteiger partial charge on any atom is 0.0544 e. The highest BCUT2D eigenvalue weighted by atomic mass is 15.1. The Balaban J connectivity index is 2.11. The molecule has 1 aromatic heterocycles. The predicted molar refractivity (Wildman–Crippen MR) is 78.7 cm³/mol. The van der Waals surface area contributed by atoms with Gasteiger partial charge in [-0.3, -0.25) is 9.88 Å². The molecule has 0 radical (unpaired) electrons. The third kappa shape index (κ3) is 3.63. The van der Waals surface area contributed by atoms with Crippen molar-refractivity contribution in [3.05, 3.63) is 65.5 Å². The van der Waals surface area contributed by atoms with E-state index < -0.39 is 0 Å². The fraction of sp³-hybridized carbons (Fsp3) is 0.312. The molecule has 100 valence electrons. The Bertz CT molecular complexity index is 493. The largest absolute Gasteiger partial charge is 0.329 e. The molecular formula is C16H21N3. The number of hydrogen-bond acceptors (Lipinski definition) is 3. The van der Waals surface area contributed by atoms with Crippen molar-refractivity contribution < 1.29 is 0 Å². The van der Waals surface area contributed by atoms with E-state index >= 15 is 0 Å². The average Bonchev–Trinajstić information content (AvgIpc) is 2.43. The molecule has 0 spiro atoms. The van der Waals surface area contributed by atoms with Crippen LogP contribution in [-0.2, 0) is 6.54 Å². The van der Waals surface area contributed by atoms with Crippen molar-refractivity contribution in [2.24, 2.45) is 5.73 Å². The molecule has 0 bridgehead atoms. The molecule has 1 atom stereocenters. The van der Waals surface area contributed by atoms with E-state index in [0.717, 1.165) is 12.2 Å². The Labute approximate surface area is 115 Å². The first-order valence-corrected chi connectivity index (χ1v) is 6.57. The van der Waals surface area contributed by atoms with E-state index in [1.165, 1.54) is 11.1 Å². The number of benzene rings is 1. The molecule has 1 unspecified atom stereocenters. The Kier molecular flexibility index (Phi) is 4.66. The van der Waals surface area contributed by atoms with E-state index in [9.17, 15) is 0 Å². The smallest absolute Gasteiger partial charge is 0.0544 e. The number of aryl methyl sites for hydroxylation is 1. The van der Waals surface area contributed by atoms with Crippen molar-refractivity contribution in [3.63, 3.8) is 0 Å². The molecule has 2 aromatic rings. The van der Waals surface area contributed by atoms with Crippen LogP contribution < -0.4 is 5.73 Å². The van der Waals surface area contributed by atoms with E-state index in [2.05, 4.69) is 48.1 Å². The summed E-state index contributed by atoms with van der Waals surface area (Å²) in [6, 6.07) is 14.8. The molecule has 0 aliphatic rings. The molecule has 3 nitrogen and oxygen atoms in total. The minimum Gasteiger partial charge on any atom is -0.329 e. The van der Waals surface area contributed by atoms with Crippen molar-refractivity contribution in [3.8, 4) is 0 Å². The monoisotopic (exact) mass is 255 g/mol. The summed E-state index contributed by atoms with van der Waals surface area (Å²) in [6.45, 7) is 3.50. The second-order valence-corrected chi connectivity index (χ2v) is 4.90. The molecule has 1 aromatic carbocycles. The highest BCUT2D eigenvalue weighted by molar-refractivity contribution is 5.24. The van der Waals surface area contributed by atoms with E-state index in [1.54, 1.807) is 0 Å². The summed E-state index contributed by atoms with van der Waals surface area (Å²) in [4.78, 5) is 6.60. The third-order valence-electron chi connectivity index (χ3n) is 3.35. The fourth-order valence-corrected chi connectivity index (χ4v) is 2.22. The fourth-order valence-electron chi connectivity index (χ4n) is 2.22.